The number of aliphatic hydroxyl groups excluding tert-OH is 1. The maximum Gasteiger partial charge on any atom is 0.417 e. The molecule has 0 bridgehead atoms. The summed E-state index contributed by atoms with van der Waals surface area (Å²) in [7, 11) is 0. The molecular weight excluding hydrogens is 451 g/mol. The number of halogens is 4. The summed E-state index contributed by atoms with van der Waals surface area (Å²) < 4.78 is 38.5. The summed E-state index contributed by atoms with van der Waals surface area (Å²) in [6, 6.07) is 2.97. The molecule has 1 saturated heterocycles. The first-order valence-corrected chi connectivity index (χ1v) is 10.2. The molecule has 32 heavy (non-hydrogen) atoms. The second kappa shape index (κ2) is 8.55. The second-order valence-corrected chi connectivity index (χ2v) is 8.18. The lowest BCUT2D eigenvalue weighted by atomic mass is 10.2. The summed E-state index contributed by atoms with van der Waals surface area (Å²) in [4.78, 5) is 33.9. The van der Waals surface area contributed by atoms with Crippen molar-refractivity contribution in [1.29, 1.82) is 0 Å². The number of nitrogens with one attached hydrogen (secondary N) is 2. The Morgan fingerprint density at radius 3 is 2.59 bits per heavy atom. The van der Waals surface area contributed by atoms with Gasteiger partial charge in [0.25, 0.3) is 5.91 Å². The molecule has 170 valence electrons. The molecule has 2 amide bonds. The first-order chi connectivity index (χ1) is 15.1. The lowest BCUT2D eigenvalue weighted by molar-refractivity contribution is -0.137. The Balaban J connectivity index is 1.41. The van der Waals surface area contributed by atoms with Crippen molar-refractivity contribution >= 4 is 35.1 Å². The molecule has 1 aliphatic heterocycles. The van der Waals surface area contributed by atoms with Crippen LogP contribution in [0.25, 0.3) is 0 Å². The third-order valence-corrected chi connectivity index (χ3v) is 5.55. The number of nitrogens with zero attached hydrogens (tertiary/aromatic N) is 3. The van der Waals surface area contributed by atoms with Gasteiger partial charge in [-0.05, 0) is 31.0 Å². The molecule has 8 nitrogen and oxygen atoms in total. The van der Waals surface area contributed by atoms with Crippen LogP contribution in [0.3, 0.4) is 0 Å². The predicted molar refractivity (Wildman–Crippen MR) is 109 cm³/mol. The SMILES string of the molecule is O=C(N[C@H]1CN(c2ncc(C(F)(F)F)cc2Cl)C[C@@H]1O)c1ccnc(NC(=O)C2CC2)c1. The number of aliphatic hydroxyl groups is 1. The van der Waals surface area contributed by atoms with Crippen LogP contribution < -0.4 is 15.5 Å². The minimum absolute atomic E-state index is 0.0143. The van der Waals surface area contributed by atoms with Gasteiger partial charge in [0.2, 0.25) is 5.91 Å². The average Bonchev–Trinajstić information content (AvgIpc) is 3.52. The largest absolute Gasteiger partial charge is 0.417 e. The maximum absolute atomic E-state index is 12.8. The number of aromatic nitrogens is 2. The van der Waals surface area contributed by atoms with Gasteiger partial charge < -0.3 is 20.6 Å². The van der Waals surface area contributed by atoms with E-state index in [2.05, 4.69) is 20.6 Å². The monoisotopic (exact) mass is 469 g/mol. The van der Waals surface area contributed by atoms with Crippen LogP contribution in [0.15, 0.2) is 30.6 Å². The summed E-state index contributed by atoms with van der Waals surface area (Å²) in [5.41, 5.74) is -0.736. The number of β-amino-alcohol motifs (C(OH)–C–C–N with tert-alkyl or cyclic N) is 1. The van der Waals surface area contributed by atoms with Gasteiger partial charge in [0.15, 0.2) is 0 Å². The smallest absolute Gasteiger partial charge is 0.389 e. The van der Waals surface area contributed by atoms with E-state index in [4.69, 9.17) is 11.6 Å². The van der Waals surface area contributed by atoms with Crippen molar-refractivity contribution in [2.45, 2.75) is 31.2 Å². The van der Waals surface area contributed by atoms with Gasteiger partial charge in [-0.25, -0.2) is 9.97 Å². The van der Waals surface area contributed by atoms with Crippen LogP contribution in [0.5, 0.6) is 0 Å². The molecular formula is C20H19ClF3N5O3. The van der Waals surface area contributed by atoms with Crippen LogP contribution in [-0.4, -0.2) is 52.1 Å². The van der Waals surface area contributed by atoms with Gasteiger partial charge in [-0.2, -0.15) is 13.2 Å². The lowest BCUT2D eigenvalue weighted by Crippen LogP contribution is -2.42. The van der Waals surface area contributed by atoms with Gasteiger partial charge in [-0.1, -0.05) is 11.6 Å². The summed E-state index contributed by atoms with van der Waals surface area (Å²) >= 11 is 5.98. The van der Waals surface area contributed by atoms with E-state index in [1.165, 1.54) is 23.2 Å². The quantitative estimate of drug-likeness (QED) is 0.621. The number of alkyl halides is 3. The number of carbonyl (C=O) groups is 2. The minimum Gasteiger partial charge on any atom is -0.389 e. The first-order valence-electron chi connectivity index (χ1n) is 9.85. The maximum atomic E-state index is 12.8. The van der Waals surface area contributed by atoms with Crippen molar-refractivity contribution in [3.63, 3.8) is 0 Å². The predicted octanol–water partition coefficient (Wildman–Crippen LogP) is 2.48. The van der Waals surface area contributed by atoms with Crippen LogP contribution in [-0.2, 0) is 11.0 Å². The van der Waals surface area contributed by atoms with E-state index in [0.717, 1.165) is 18.9 Å². The fourth-order valence-electron chi connectivity index (χ4n) is 3.39. The van der Waals surface area contributed by atoms with Gasteiger partial charge >= 0.3 is 6.18 Å². The Hall–Kier alpha value is -2.92. The Kier molecular flexibility index (Phi) is 5.95. The van der Waals surface area contributed by atoms with Crippen LogP contribution in [0, 0.1) is 5.92 Å². The molecule has 2 atom stereocenters. The highest BCUT2D eigenvalue weighted by molar-refractivity contribution is 6.33. The van der Waals surface area contributed by atoms with E-state index in [1.54, 1.807) is 0 Å². The number of pyridine rings is 2. The first kappa shape index (κ1) is 22.3. The van der Waals surface area contributed by atoms with Crippen LogP contribution >= 0.6 is 11.6 Å². The van der Waals surface area contributed by atoms with E-state index >= 15 is 0 Å². The summed E-state index contributed by atoms with van der Waals surface area (Å²) in [6.07, 6.45) is -1.83. The van der Waals surface area contributed by atoms with E-state index in [9.17, 15) is 27.9 Å². The highest BCUT2D eigenvalue weighted by Crippen LogP contribution is 2.34. The molecule has 2 aliphatic rings. The summed E-state index contributed by atoms with van der Waals surface area (Å²) in [6.45, 7) is 0.128. The third-order valence-electron chi connectivity index (χ3n) is 5.28. The zero-order valence-corrected chi connectivity index (χ0v) is 17.3. The minimum atomic E-state index is -4.57. The fraction of sp³-hybridized carbons (Fsp3) is 0.400. The van der Waals surface area contributed by atoms with Crippen molar-refractivity contribution in [3.8, 4) is 0 Å². The van der Waals surface area contributed by atoms with Crippen molar-refractivity contribution in [3.05, 3.63) is 46.7 Å². The Bertz CT molecular complexity index is 1050. The van der Waals surface area contributed by atoms with E-state index < -0.39 is 29.8 Å². The van der Waals surface area contributed by atoms with Gasteiger partial charge in [-0.3, -0.25) is 9.59 Å². The number of amides is 2. The normalized spacial score (nSPS) is 20.8. The van der Waals surface area contributed by atoms with E-state index in [0.29, 0.717) is 6.20 Å². The summed E-state index contributed by atoms with van der Waals surface area (Å²) in [5, 5.41) is 15.5. The van der Waals surface area contributed by atoms with Crippen LogP contribution in [0.4, 0.5) is 24.8 Å². The number of anilines is 2. The Morgan fingerprint density at radius 2 is 1.94 bits per heavy atom. The molecule has 0 unspecified atom stereocenters. The highest BCUT2D eigenvalue weighted by atomic mass is 35.5. The standard InChI is InChI=1S/C20H19ClF3N5O3/c21-13-6-12(20(22,23)24)7-26-17(13)29-8-14(15(30)9-29)27-19(32)11-3-4-25-16(5-11)28-18(31)10-1-2-10/h3-7,10,14-15,30H,1-2,8-9H2,(H,27,32)(H,25,28,31)/t14-,15-/m0/s1. The van der Waals surface area contributed by atoms with Crippen LogP contribution in [0.2, 0.25) is 5.02 Å². The highest BCUT2D eigenvalue weighted by Gasteiger charge is 2.36. The molecule has 12 heteroatoms. The molecule has 3 N–H and O–H groups in total. The number of rotatable bonds is 5. The van der Waals surface area contributed by atoms with Gasteiger partial charge in [0, 0.05) is 37.0 Å². The molecule has 0 spiro atoms. The molecule has 0 aromatic carbocycles. The number of hydrogen-bond donors (Lipinski definition) is 3. The summed E-state index contributed by atoms with van der Waals surface area (Å²) in [5.74, 6) is -0.308. The second-order valence-electron chi connectivity index (χ2n) is 7.77. The molecule has 0 radical (unpaired) electrons. The lowest BCUT2D eigenvalue weighted by Gasteiger charge is -2.19. The molecule has 2 aromatic heterocycles. The van der Waals surface area contributed by atoms with E-state index in [1.807, 2.05) is 0 Å². The van der Waals surface area contributed by atoms with E-state index in [-0.39, 0.29) is 47.1 Å². The molecule has 2 fully saturated rings. The Labute approximate surface area is 185 Å². The van der Waals surface area contributed by atoms with Crippen LogP contribution in [0.1, 0.15) is 28.8 Å². The van der Waals surface area contributed by atoms with Crippen molar-refractivity contribution in [2.24, 2.45) is 5.92 Å². The van der Waals surface area contributed by atoms with Crippen molar-refractivity contribution < 1.29 is 27.9 Å². The third kappa shape index (κ3) is 4.94. The van der Waals surface area contributed by atoms with Gasteiger partial charge in [0.1, 0.15) is 11.6 Å². The van der Waals surface area contributed by atoms with Gasteiger partial charge in [0.05, 0.1) is 22.7 Å². The molecule has 1 saturated carbocycles. The molecule has 3 heterocycles. The Morgan fingerprint density at radius 1 is 1.19 bits per heavy atom. The molecule has 4 rings (SSSR count). The van der Waals surface area contributed by atoms with Crippen molar-refractivity contribution in [2.75, 3.05) is 23.3 Å². The van der Waals surface area contributed by atoms with Crippen molar-refractivity contribution in [1.82, 2.24) is 15.3 Å². The number of carbonyl (C=O) groups excluding carboxylic acids is 2. The zero-order chi connectivity index (χ0) is 23.0. The molecule has 2 aromatic rings. The fourth-order valence-corrected chi connectivity index (χ4v) is 3.67. The average molecular weight is 470 g/mol. The van der Waals surface area contributed by atoms with Gasteiger partial charge in [-0.15, -0.1) is 0 Å². The topological polar surface area (TPSA) is 107 Å². The number of hydrogen-bond acceptors (Lipinski definition) is 6. The molecule has 1 aliphatic carbocycles. The zero-order valence-electron chi connectivity index (χ0n) is 16.6.